The maximum Gasteiger partial charge on any atom is 0.534 e. The van der Waals surface area contributed by atoms with Gasteiger partial charge in [0.1, 0.15) is 5.75 Å². The van der Waals surface area contributed by atoms with Crippen LogP contribution >= 0.6 is 0 Å². The molecule has 0 aliphatic rings. The predicted molar refractivity (Wildman–Crippen MR) is 102 cm³/mol. The Bertz CT molecular complexity index is 1300. The molecule has 0 spiro atoms. The lowest BCUT2D eigenvalue weighted by molar-refractivity contribution is -0.0500. The van der Waals surface area contributed by atoms with Crippen molar-refractivity contribution in [3.63, 3.8) is 0 Å². The van der Waals surface area contributed by atoms with Crippen molar-refractivity contribution < 1.29 is 25.8 Å². The van der Waals surface area contributed by atoms with Crippen molar-refractivity contribution in [3.8, 4) is 16.9 Å². The van der Waals surface area contributed by atoms with Gasteiger partial charge >= 0.3 is 15.6 Å². The van der Waals surface area contributed by atoms with E-state index in [1.54, 1.807) is 18.2 Å². The van der Waals surface area contributed by atoms with Crippen LogP contribution in [0.3, 0.4) is 0 Å². The van der Waals surface area contributed by atoms with E-state index in [9.17, 15) is 21.6 Å². The summed E-state index contributed by atoms with van der Waals surface area (Å²) < 4.78 is 65.4. The van der Waals surface area contributed by atoms with Crippen LogP contribution in [0.2, 0.25) is 0 Å². The Morgan fingerprint density at radius 1 is 0.714 bits per heavy atom. The average Bonchev–Trinajstić information content (AvgIpc) is 2.66. The second-order valence-corrected chi connectivity index (χ2v) is 7.77. The summed E-state index contributed by atoms with van der Waals surface area (Å²) in [5.41, 5.74) is -4.18. The fourth-order valence-electron chi connectivity index (χ4n) is 3.10. The molecule has 0 aromatic heterocycles. The molecule has 0 fully saturated rings. The number of hydrogen-bond donors (Lipinski definition) is 0. The smallest absolute Gasteiger partial charge is 0.376 e. The van der Waals surface area contributed by atoms with Gasteiger partial charge in [0.2, 0.25) is 0 Å². The summed E-state index contributed by atoms with van der Waals surface area (Å²) in [6, 6.07) is 22.9. The predicted octanol–water partition coefficient (Wildman–Crippen LogP) is 5.89. The molecule has 28 heavy (non-hydrogen) atoms. The maximum atomic E-state index is 12.7. The quantitative estimate of drug-likeness (QED) is 0.317. The maximum absolute atomic E-state index is 12.7. The van der Waals surface area contributed by atoms with Gasteiger partial charge in [-0.25, -0.2) is 0 Å². The van der Waals surface area contributed by atoms with Gasteiger partial charge in [0.05, 0.1) is 0 Å². The summed E-state index contributed by atoms with van der Waals surface area (Å²) in [4.78, 5) is 0. The Hall–Kier alpha value is -3.06. The van der Waals surface area contributed by atoms with Gasteiger partial charge in [-0.3, -0.25) is 0 Å². The third kappa shape index (κ3) is 3.29. The SMILES string of the molecule is O=S(=O)(Oc1cc(-c2ccc3ccccc3c2)c2ccccc2c1)C(F)(F)F. The van der Waals surface area contributed by atoms with Crippen LogP contribution in [0.25, 0.3) is 32.7 Å². The molecule has 0 bridgehead atoms. The van der Waals surface area contributed by atoms with E-state index in [1.807, 2.05) is 48.5 Å². The molecule has 4 aromatic carbocycles. The van der Waals surface area contributed by atoms with Gasteiger partial charge in [-0.05, 0) is 50.9 Å². The van der Waals surface area contributed by atoms with E-state index in [4.69, 9.17) is 0 Å². The number of hydrogen-bond acceptors (Lipinski definition) is 3. The van der Waals surface area contributed by atoms with Gasteiger partial charge in [0.15, 0.2) is 0 Å². The zero-order valence-electron chi connectivity index (χ0n) is 14.3. The third-order valence-electron chi connectivity index (χ3n) is 4.39. The summed E-state index contributed by atoms with van der Waals surface area (Å²) in [5.74, 6) is -0.390. The van der Waals surface area contributed by atoms with E-state index < -0.39 is 15.6 Å². The van der Waals surface area contributed by atoms with Gasteiger partial charge < -0.3 is 4.18 Å². The lowest BCUT2D eigenvalue weighted by Gasteiger charge is -2.13. The van der Waals surface area contributed by atoms with Crippen molar-refractivity contribution in [1.29, 1.82) is 0 Å². The van der Waals surface area contributed by atoms with Crippen molar-refractivity contribution in [2.24, 2.45) is 0 Å². The summed E-state index contributed by atoms with van der Waals surface area (Å²) >= 11 is 0. The summed E-state index contributed by atoms with van der Waals surface area (Å²) in [6.07, 6.45) is 0. The fourth-order valence-corrected chi connectivity index (χ4v) is 3.54. The molecular formula is C21H13F3O3S. The van der Waals surface area contributed by atoms with E-state index in [0.717, 1.165) is 21.7 Å². The summed E-state index contributed by atoms with van der Waals surface area (Å²) in [5, 5.41) is 3.32. The van der Waals surface area contributed by atoms with Gasteiger partial charge in [-0.1, -0.05) is 60.7 Å². The standard InChI is InChI=1S/C21H13F3O3S/c22-21(23,24)28(25,26)27-18-12-16-7-3-4-8-19(16)20(13-18)17-10-9-14-5-1-2-6-15(14)11-17/h1-13H. The van der Waals surface area contributed by atoms with E-state index in [-0.39, 0.29) is 5.75 Å². The van der Waals surface area contributed by atoms with Crippen LogP contribution in [0, 0.1) is 0 Å². The fraction of sp³-hybridized carbons (Fsp3) is 0.0476. The third-order valence-corrected chi connectivity index (χ3v) is 5.36. The Morgan fingerprint density at radius 2 is 1.36 bits per heavy atom. The van der Waals surface area contributed by atoms with Crippen LogP contribution in [0.5, 0.6) is 5.75 Å². The minimum absolute atomic E-state index is 0.390. The van der Waals surface area contributed by atoms with Crippen molar-refractivity contribution in [1.82, 2.24) is 0 Å². The molecule has 3 nitrogen and oxygen atoms in total. The normalized spacial score (nSPS) is 12.4. The topological polar surface area (TPSA) is 43.4 Å². The molecule has 0 atom stereocenters. The first-order valence-electron chi connectivity index (χ1n) is 8.27. The van der Waals surface area contributed by atoms with Crippen LogP contribution < -0.4 is 4.18 Å². The van der Waals surface area contributed by atoms with Gasteiger partial charge in [0.25, 0.3) is 0 Å². The van der Waals surface area contributed by atoms with E-state index >= 15 is 0 Å². The highest BCUT2D eigenvalue weighted by molar-refractivity contribution is 7.88. The zero-order valence-corrected chi connectivity index (χ0v) is 15.1. The van der Waals surface area contributed by atoms with Crippen molar-refractivity contribution >= 4 is 31.7 Å². The van der Waals surface area contributed by atoms with Crippen molar-refractivity contribution in [3.05, 3.63) is 78.9 Å². The molecule has 0 unspecified atom stereocenters. The van der Waals surface area contributed by atoms with Gasteiger partial charge in [-0.2, -0.15) is 21.6 Å². The Labute approximate surface area is 159 Å². The van der Waals surface area contributed by atoms with Crippen molar-refractivity contribution in [2.75, 3.05) is 0 Å². The lowest BCUT2D eigenvalue weighted by atomic mass is 9.96. The first-order valence-corrected chi connectivity index (χ1v) is 9.68. The first kappa shape index (κ1) is 18.3. The minimum atomic E-state index is -5.75. The first-order chi connectivity index (χ1) is 13.2. The highest BCUT2D eigenvalue weighted by Crippen LogP contribution is 2.36. The van der Waals surface area contributed by atoms with E-state index in [0.29, 0.717) is 10.9 Å². The molecular weight excluding hydrogens is 389 g/mol. The highest BCUT2D eigenvalue weighted by atomic mass is 32.2. The van der Waals surface area contributed by atoms with Gasteiger partial charge in [0, 0.05) is 0 Å². The Morgan fingerprint density at radius 3 is 2.07 bits per heavy atom. The van der Waals surface area contributed by atoms with Crippen LogP contribution in [-0.4, -0.2) is 13.9 Å². The van der Waals surface area contributed by atoms with Gasteiger partial charge in [-0.15, -0.1) is 0 Å². The monoisotopic (exact) mass is 402 g/mol. The largest absolute Gasteiger partial charge is 0.534 e. The lowest BCUT2D eigenvalue weighted by Crippen LogP contribution is -2.28. The summed E-state index contributed by atoms with van der Waals surface area (Å²) in [6.45, 7) is 0. The van der Waals surface area contributed by atoms with Crippen LogP contribution in [0.4, 0.5) is 13.2 Å². The van der Waals surface area contributed by atoms with Crippen LogP contribution in [0.15, 0.2) is 78.9 Å². The Kier molecular flexibility index (Phi) is 4.27. The van der Waals surface area contributed by atoms with E-state index in [1.165, 1.54) is 12.1 Å². The highest BCUT2D eigenvalue weighted by Gasteiger charge is 2.48. The number of rotatable bonds is 3. The molecule has 0 radical (unpaired) electrons. The molecule has 0 N–H and O–H groups in total. The molecule has 0 aliphatic carbocycles. The van der Waals surface area contributed by atoms with Crippen LogP contribution in [-0.2, 0) is 10.1 Å². The minimum Gasteiger partial charge on any atom is -0.376 e. The molecule has 142 valence electrons. The molecule has 0 heterocycles. The number of halogens is 3. The second-order valence-electron chi connectivity index (χ2n) is 6.24. The molecule has 7 heteroatoms. The van der Waals surface area contributed by atoms with Crippen LogP contribution in [0.1, 0.15) is 0 Å². The molecule has 0 saturated heterocycles. The van der Waals surface area contributed by atoms with E-state index in [2.05, 4.69) is 4.18 Å². The second kappa shape index (κ2) is 6.53. The zero-order chi connectivity index (χ0) is 19.9. The molecule has 4 aromatic rings. The Balaban J connectivity index is 1.91. The number of benzene rings is 4. The number of fused-ring (bicyclic) bond motifs is 2. The van der Waals surface area contributed by atoms with Crippen molar-refractivity contribution in [2.45, 2.75) is 5.51 Å². The summed E-state index contributed by atoms with van der Waals surface area (Å²) in [7, 11) is -5.75. The molecule has 0 amide bonds. The average molecular weight is 402 g/mol. The number of alkyl halides is 3. The molecule has 0 aliphatic heterocycles. The molecule has 0 saturated carbocycles. The molecule has 4 rings (SSSR count).